The molecule has 0 bridgehead atoms. The van der Waals surface area contributed by atoms with E-state index in [-0.39, 0.29) is 17.0 Å². The van der Waals surface area contributed by atoms with Crippen LogP contribution >= 0.6 is 0 Å². The van der Waals surface area contributed by atoms with E-state index in [1.165, 1.54) is 6.07 Å². The first-order chi connectivity index (χ1) is 9.68. The zero-order valence-electron chi connectivity index (χ0n) is 13.6. The van der Waals surface area contributed by atoms with Crippen LogP contribution in [0.4, 0.5) is 13.2 Å². The van der Waals surface area contributed by atoms with Gasteiger partial charge in [0, 0.05) is 11.6 Å². The standard InChI is InChI=1S/C17H26F3N/c1-6-9-21-14(10-11(2)17(3,4)5)12-7-8-13(18)16(20)15(12)19/h7-8,11,14,21H,6,9-10H2,1-5H3. The van der Waals surface area contributed by atoms with Crippen molar-refractivity contribution in [2.24, 2.45) is 11.3 Å². The lowest BCUT2D eigenvalue weighted by atomic mass is 9.77. The molecule has 1 aromatic carbocycles. The maximum absolute atomic E-state index is 14.0. The highest BCUT2D eigenvalue weighted by molar-refractivity contribution is 5.24. The van der Waals surface area contributed by atoms with Crippen LogP contribution in [0.2, 0.25) is 0 Å². The van der Waals surface area contributed by atoms with Crippen LogP contribution in [0.1, 0.15) is 59.1 Å². The van der Waals surface area contributed by atoms with E-state index in [1.807, 2.05) is 6.92 Å². The molecule has 1 aromatic rings. The lowest BCUT2D eigenvalue weighted by Gasteiger charge is -2.31. The van der Waals surface area contributed by atoms with E-state index >= 15 is 0 Å². The summed E-state index contributed by atoms with van der Waals surface area (Å²) >= 11 is 0. The summed E-state index contributed by atoms with van der Waals surface area (Å²) in [6, 6.07) is 2.03. The van der Waals surface area contributed by atoms with Gasteiger partial charge in [0.05, 0.1) is 0 Å². The molecule has 0 radical (unpaired) electrons. The van der Waals surface area contributed by atoms with E-state index in [9.17, 15) is 13.2 Å². The molecule has 0 aliphatic carbocycles. The summed E-state index contributed by atoms with van der Waals surface area (Å²) in [6.45, 7) is 11.2. The fourth-order valence-corrected chi connectivity index (χ4v) is 2.16. The Balaban J connectivity index is 3.05. The van der Waals surface area contributed by atoms with Crippen LogP contribution in [0.25, 0.3) is 0 Å². The SMILES string of the molecule is CCCNC(CC(C)C(C)(C)C)c1ccc(F)c(F)c1F. The highest BCUT2D eigenvalue weighted by atomic mass is 19.2. The minimum Gasteiger partial charge on any atom is -0.310 e. The molecule has 0 aliphatic rings. The molecule has 0 saturated carbocycles. The summed E-state index contributed by atoms with van der Waals surface area (Å²) in [5, 5.41) is 3.25. The molecule has 120 valence electrons. The van der Waals surface area contributed by atoms with E-state index < -0.39 is 17.5 Å². The number of hydrogen-bond acceptors (Lipinski definition) is 1. The third kappa shape index (κ3) is 4.73. The summed E-state index contributed by atoms with van der Waals surface area (Å²) in [5.41, 5.74) is 0.278. The Morgan fingerprint density at radius 1 is 1.10 bits per heavy atom. The molecule has 0 heterocycles. The molecule has 0 aliphatic heterocycles. The first-order valence-electron chi connectivity index (χ1n) is 7.55. The average Bonchev–Trinajstić information content (AvgIpc) is 2.40. The van der Waals surface area contributed by atoms with Gasteiger partial charge in [-0.05, 0) is 36.8 Å². The topological polar surface area (TPSA) is 12.0 Å². The zero-order chi connectivity index (χ0) is 16.2. The van der Waals surface area contributed by atoms with Gasteiger partial charge in [0.25, 0.3) is 0 Å². The highest BCUT2D eigenvalue weighted by Gasteiger charge is 2.27. The summed E-state index contributed by atoms with van der Waals surface area (Å²) in [6.07, 6.45) is 1.57. The fraction of sp³-hybridized carbons (Fsp3) is 0.647. The van der Waals surface area contributed by atoms with Gasteiger partial charge in [-0.3, -0.25) is 0 Å². The summed E-state index contributed by atoms with van der Waals surface area (Å²) in [5.74, 6) is -3.31. The van der Waals surface area contributed by atoms with Crippen molar-refractivity contribution in [2.75, 3.05) is 6.54 Å². The highest BCUT2D eigenvalue weighted by Crippen LogP contribution is 2.34. The van der Waals surface area contributed by atoms with E-state index in [0.29, 0.717) is 18.9 Å². The molecule has 0 spiro atoms. The zero-order valence-corrected chi connectivity index (χ0v) is 13.6. The molecule has 0 fully saturated rings. The third-order valence-corrected chi connectivity index (χ3v) is 4.15. The van der Waals surface area contributed by atoms with Crippen LogP contribution in [0.15, 0.2) is 12.1 Å². The van der Waals surface area contributed by atoms with Crippen molar-refractivity contribution < 1.29 is 13.2 Å². The van der Waals surface area contributed by atoms with Gasteiger partial charge >= 0.3 is 0 Å². The molecular weight excluding hydrogens is 275 g/mol. The molecule has 0 amide bonds. The first-order valence-corrected chi connectivity index (χ1v) is 7.55. The second-order valence-corrected chi connectivity index (χ2v) is 6.77. The van der Waals surface area contributed by atoms with Gasteiger partial charge in [-0.15, -0.1) is 0 Å². The van der Waals surface area contributed by atoms with Gasteiger partial charge in [-0.2, -0.15) is 0 Å². The fourth-order valence-electron chi connectivity index (χ4n) is 2.16. The number of benzene rings is 1. The van der Waals surface area contributed by atoms with Crippen molar-refractivity contribution in [3.8, 4) is 0 Å². The maximum Gasteiger partial charge on any atom is 0.194 e. The van der Waals surface area contributed by atoms with E-state index in [1.54, 1.807) is 0 Å². The Morgan fingerprint density at radius 3 is 2.24 bits per heavy atom. The van der Waals surface area contributed by atoms with Crippen LogP contribution < -0.4 is 5.32 Å². The van der Waals surface area contributed by atoms with Crippen molar-refractivity contribution in [1.82, 2.24) is 5.32 Å². The van der Waals surface area contributed by atoms with Gasteiger partial charge in [-0.25, -0.2) is 13.2 Å². The number of halogens is 3. The minimum atomic E-state index is -1.39. The molecule has 2 atom stereocenters. The lowest BCUT2D eigenvalue weighted by Crippen LogP contribution is -2.29. The third-order valence-electron chi connectivity index (χ3n) is 4.15. The van der Waals surface area contributed by atoms with Crippen LogP contribution in [0.3, 0.4) is 0 Å². The van der Waals surface area contributed by atoms with Crippen molar-refractivity contribution >= 4 is 0 Å². The van der Waals surface area contributed by atoms with E-state index in [0.717, 1.165) is 12.5 Å². The lowest BCUT2D eigenvalue weighted by molar-refractivity contribution is 0.221. The van der Waals surface area contributed by atoms with Crippen LogP contribution in [-0.4, -0.2) is 6.54 Å². The Morgan fingerprint density at radius 2 is 1.71 bits per heavy atom. The van der Waals surface area contributed by atoms with Gasteiger partial charge in [-0.1, -0.05) is 40.7 Å². The normalized spacial score (nSPS) is 15.0. The molecular formula is C17H26F3N. The molecule has 2 unspecified atom stereocenters. The van der Waals surface area contributed by atoms with Crippen LogP contribution in [0, 0.1) is 28.8 Å². The van der Waals surface area contributed by atoms with E-state index in [4.69, 9.17) is 0 Å². The van der Waals surface area contributed by atoms with Crippen molar-refractivity contribution in [3.05, 3.63) is 35.1 Å². The van der Waals surface area contributed by atoms with Gasteiger partial charge in [0.2, 0.25) is 0 Å². The summed E-state index contributed by atoms with van der Waals surface area (Å²) < 4.78 is 40.6. The molecule has 1 N–H and O–H groups in total. The Labute approximate surface area is 125 Å². The molecule has 21 heavy (non-hydrogen) atoms. The van der Waals surface area contributed by atoms with Crippen LogP contribution in [-0.2, 0) is 0 Å². The summed E-state index contributed by atoms with van der Waals surface area (Å²) in [4.78, 5) is 0. The molecule has 0 saturated heterocycles. The number of nitrogens with one attached hydrogen (secondary N) is 1. The minimum absolute atomic E-state index is 0.0706. The monoisotopic (exact) mass is 301 g/mol. The summed E-state index contributed by atoms with van der Waals surface area (Å²) in [7, 11) is 0. The van der Waals surface area contributed by atoms with Gasteiger partial charge in [0.1, 0.15) is 0 Å². The van der Waals surface area contributed by atoms with Crippen molar-refractivity contribution in [3.63, 3.8) is 0 Å². The van der Waals surface area contributed by atoms with Crippen LogP contribution in [0.5, 0.6) is 0 Å². The van der Waals surface area contributed by atoms with Crippen molar-refractivity contribution in [2.45, 2.75) is 53.5 Å². The van der Waals surface area contributed by atoms with E-state index in [2.05, 4.69) is 33.0 Å². The molecule has 0 aromatic heterocycles. The second-order valence-electron chi connectivity index (χ2n) is 6.77. The predicted molar refractivity (Wildman–Crippen MR) is 80.6 cm³/mol. The smallest absolute Gasteiger partial charge is 0.194 e. The largest absolute Gasteiger partial charge is 0.310 e. The van der Waals surface area contributed by atoms with Gasteiger partial charge in [0.15, 0.2) is 17.5 Å². The number of hydrogen-bond donors (Lipinski definition) is 1. The quantitative estimate of drug-likeness (QED) is 0.711. The Bertz CT molecular complexity index is 466. The Hall–Kier alpha value is -1.03. The van der Waals surface area contributed by atoms with Crippen molar-refractivity contribution in [1.29, 1.82) is 0 Å². The predicted octanol–water partition coefficient (Wildman–Crippen LogP) is 5.22. The second kappa shape index (κ2) is 7.30. The Kier molecular flexibility index (Phi) is 6.26. The average molecular weight is 301 g/mol. The molecule has 1 nitrogen and oxygen atoms in total. The maximum atomic E-state index is 14.0. The van der Waals surface area contributed by atoms with Gasteiger partial charge < -0.3 is 5.32 Å². The first kappa shape index (κ1) is 18.0. The number of rotatable bonds is 6. The molecule has 1 rings (SSSR count). The molecule has 4 heteroatoms.